The zero-order valence-corrected chi connectivity index (χ0v) is 18.5. The van der Waals surface area contributed by atoms with Crippen molar-refractivity contribution in [1.29, 1.82) is 0 Å². The van der Waals surface area contributed by atoms with Gasteiger partial charge in [0, 0.05) is 23.5 Å². The Hall–Kier alpha value is -2.37. The van der Waals surface area contributed by atoms with Crippen LogP contribution < -0.4 is 5.32 Å². The number of carbonyl (C=O) groups is 1. The van der Waals surface area contributed by atoms with Crippen LogP contribution in [0, 0.1) is 6.92 Å². The standard InChI is InChI=1S/C24H28ClN3O2/c1-16-4-6-17(7-5-16)24(10-11-30-23(2,3)15-24)13-22(29)26-14-21-27-19-9-8-18(25)12-20(19)28-21/h4-9,12H,10-11,13-15H2,1-3H3,(H,26,29)(H,27,28). The molecule has 1 aliphatic heterocycles. The molecule has 0 saturated carbocycles. The lowest BCUT2D eigenvalue weighted by atomic mass is 9.67. The second-order valence-corrected chi connectivity index (χ2v) is 9.42. The topological polar surface area (TPSA) is 67.0 Å². The van der Waals surface area contributed by atoms with Gasteiger partial charge < -0.3 is 15.0 Å². The van der Waals surface area contributed by atoms with Gasteiger partial charge in [0.05, 0.1) is 23.2 Å². The summed E-state index contributed by atoms with van der Waals surface area (Å²) in [5.41, 5.74) is 3.63. The zero-order chi connectivity index (χ0) is 21.4. The zero-order valence-electron chi connectivity index (χ0n) is 17.7. The summed E-state index contributed by atoms with van der Waals surface area (Å²) >= 11 is 6.04. The number of aromatic nitrogens is 2. The number of benzene rings is 2. The van der Waals surface area contributed by atoms with Crippen LogP contribution in [0.25, 0.3) is 11.0 Å². The van der Waals surface area contributed by atoms with E-state index in [-0.39, 0.29) is 16.9 Å². The van der Waals surface area contributed by atoms with Gasteiger partial charge in [-0.2, -0.15) is 0 Å². The Morgan fingerprint density at radius 1 is 1.23 bits per heavy atom. The van der Waals surface area contributed by atoms with Gasteiger partial charge in [0.25, 0.3) is 0 Å². The van der Waals surface area contributed by atoms with Crippen LogP contribution in [0.4, 0.5) is 0 Å². The third kappa shape index (κ3) is 4.52. The van der Waals surface area contributed by atoms with Gasteiger partial charge in [-0.3, -0.25) is 4.79 Å². The SMILES string of the molecule is Cc1ccc(C2(CC(=O)NCc3nc4ccc(Cl)cc4[nH]3)CCOC(C)(C)C2)cc1. The van der Waals surface area contributed by atoms with Crippen LogP contribution in [0.5, 0.6) is 0 Å². The molecular weight excluding hydrogens is 398 g/mol. The highest BCUT2D eigenvalue weighted by Gasteiger charge is 2.43. The number of hydrogen-bond donors (Lipinski definition) is 2. The van der Waals surface area contributed by atoms with Gasteiger partial charge in [-0.25, -0.2) is 4.98 Å². The molecule has 1 fully saturated rings. The van der Waals surface area contributed by atoms with Gasteiger partial charge in [-0.15, -0.1) is 0 Å². The fourth-order valence-corrected chi connectivity index (χ4v) is 4.73. The molecule has 30 heavy (non-hydrogen) atoms. The van der Waals surface area contributed by atoms with Crippen LogP contribution in [0.3, 0.4) is 0 Å². The maximum Gasteiger partial charge on any atom is 0.221 e. The number of rotatable bonds is 5. The number of aromatic amines is 1. The van der Waals surface area contributed by atoms with Crippen LogP contribution in [-0.2, 0) is 21.5 Å². The second-order valence-electron chi connectivity index (χ2n) is 8.98. The molecule has 2 aromatic carbocycles. The van der Waals surface area contributed by atoms with Crippen molar-refractivity contribution in [3.63, 3.8) is 0 Å². The smallest absolute Gasteiger partial charge is 0.221 e. The van der Waals surface area contributed by atoms with Crippen molar-refractivity contribution in [2.24, 2.45) is 0 Å². The van der Waals surface area contributed by atoms with E-state index in [2.05, 4.69) is 60.3 Å². The largest absolute Gasteiger partial charge is 0.376 e. The molecule has 1 atom stereocenters. The highest BCUT2D eigenvalue weighted by molar-refractivity contribution is 6.31. The molecule has 1 amide bonds. The molecule has 1 aliphatic rings. The number of carbonyl (C=O) groups excluding carboxylic acids is 1. The number of ether oxygens (including phenoxy) is 1. The minimum absolute atomic E-state index is 0.0202. The average Bonchev–Trinajstić information content (AvgIpc) is 3.08. The van der Waals surface area contributed by atoms with E-state index in [0.29, 0.717) is 24.6 Å². The van der Waals surface area contributed by atoms with Crippen molar-refractivity contribution in [1.82, 2.24) is 15.3 Å². The Morgan fingerprint density at radius 2 is 2.00 bits per heavy atom. The van der Waals surface area contributed by atoms with Crippen molar-refractivity contribution in [2.45, 2.75) is 57.6 Å². The average molecular weight is 426 g/mol. The fraction of sp³-hybridized carbons (Fsp3) is 0.417. The van der Waals surface area contributed by atoms with E-state index >= 15 is 0 Å². The molecule has 1 aromatic heterocycles. The first kappa shape index (κ1) is 20.9. The molecule has 0 radical (unpaired) electrons. The van der Waals surface area contributed by atoms with E-state index in [4.69, 9.17) is 16.3 Å². The first-order valence-electron chi connectivity index (χ1n) is 10.4. The van der Waals surface area contributed by atoms with E-state index in [1.165, 1.54) is 11.1 Å². The lowest BCUT2D eigenvalue weighted by Gasteiger charge is -2.45. The Kier molecular flexibility index (Phi) is 5.60. The Balaban J connectivity index is 1.50. The van der Waals surface area contributed by atoms with Gasteiger partial charge in [0.1, 0.15) is 5.82 Å². The third-order valence-corrected chi connectivity index (χ3v) is 6.18. The first-order chi connectivity index (χ1) is 14.2. The van der Waals surface area contributed by atoms with Gasteiger partial charge >= 0.3 is 0 Å². The summed E-state index contributed by atoms with van der Waals surface area (Å²) in [4.78, 5) is 20.8. The quantitative estimate of drug-likeness (QED) is 0.600. The second kappa shape index (κ2) is 8.05. The Bertz CT molecular complexity index is 1060. The lowest BCUT2D eigenvalue weighted by molar-refractivity contribution is -0.126. The molecule has 5 nitrogen and oxygen atoms in total. The Morgan fingerprint density at radius 3 is 2.73 bits per heavy atom. The minimum Gasteiger partial charge on any atom is -0.376 e. The summed E-state index contributed by atoms with van der Waals surface area (Å²) in [6.07, 6.45) is 2.06. The number of amides is 1. The maximum absolute atomic E-state index is 13.0. The molecular formula is C24H28ClN3O2. The van der Waals surface area contributed by atoms with E-state index in [0.717, 1.165) is 29.7 Å². The van der Waals surface area contributed by atoms with Crippen LogP contribution in [-0.4, -0.2) is 28.1 Å². The monoisotopic (exact) mass is 425 g/mol. The lowest BCUT2D eigenvalue weighted by Crippen LogP contribution is -2.46. The highest BCUT2D eigenvalue weighted by atomic mass is 35.5. The van der Waals surface area contributed by atoms with Crippen LogP contribution >= 0.6 is 11.6 Å². The molecule has 1 saturated heterocycles. The van der Waals surface area contributed by atoms with Gasteiger partial charge in [0.15, 0.2) is 0 Å². The fourth-order valence-electron chi connectivity index (χ4n) is 4.55. The molecule has 1 unspecified atom stereocenters. The molecule has 6 heteroatoms. The van der Waals surface area contributed by atoms with Crippen molar-refractivity contribution >= 4 is 28.5 Å². The number of hydrogen-bond acceptors (Lipinski definition) is 3. The Labute approximate surface area is 182 Å². The predicted octanol–water partition coefficient (Wildman–Crippen LogP) is 5.06. The van der Waals surface area contributed by atoms with E-state index in [1.54, 1.807) is 0 Å². The number of nitrogens with one attached hydrogen (secondary N) is 2. The number of fused-ring (bicyclic) bond motifs is 1. The van der Waals surface area contributed by atoms with Gasteiger partial charge in [0.2, 0.25) is 5.91 Å². The van der Waals surface area contributed by atoms with Crippen LogP contribution in [0.2, 0.25) is 5.02 Å². The van der Waals surface area contributed by atoms with Crippen LogP contribution in [0.15, 0.2) is 42.5 Å². The maximum atomic E-state index is 13.0. The van der Waals surface area contributed by atoms with E-state index in [9.17, 15) is 4.79 Å². The normalized spacial score (nSPS) is 20.9. The van der Waals surface area contributed by atoms with Crippen LogP contribution in [0.1, 0.15) is 50.1 Å². The molecule has 2 N–H and O–H groups in total. The predicted molar refractivity (Wildman–Crippen MR) is 120 cm³/mol. The van der Waals surface area contributed by atoms with Crippen molar-refractivity contribution in [3.8, 4) is 0 Å². The van der Waals surface area contributed by atoms with Gasteiger partial charge in [-0.05, 0) is 57.4 Å². The van der Waals surface area contributed by atoms with E-state index < -0.39 is 0 Å². The molecule has 0 aliphatic carbocycles. The number of nitrogens with zero attached hydrogens (tertiary/aromatic N) is 1. The van der Waals surface area contributed by atoms with E-state index in [1.807, 2.05) is 18.2 Å². The molecule has 2 heterocycles. The molecule has 158 valence electrons. The summed E-state index contributed by atoms with van der Waals surface area (Å²) in [7, 11) is 0. The minimum atomic E-state index is -0.262. The summed E-state index contributed by atoms with van der Waals surface area (Å²) in [6.45, 7) is 7.30. The molecule has 3 aromatic rings. The third-order valence-electron chi connectivity index (χ3n) is 5.95. The summed E-state index contributed by atoms with van der Waals surface area (Å²) in [6, 6.07) is 14.1. The number of H-pyrrole nitrogens is 1. The summed E-state index contributed by atoms with van der Waals surface area (Å²) in [5.74, 6) is 0.740. The van der Waals surface area contributed by atoms with Gasteiger partial charge in [-0.1, -0.05) is 41.4 Å². The van der Waals surface area contributed by atoms with Crippen molar-refractivity contribution in [2.75, 3.05) is 6.61 Å². The number of imidazole rings is 1. The molecule has 0 bridgehead atoms. The van der Waals surface area contributed by atoms with Crippen molar-refractivity contribution < 1.29 is 9.53 Å². The van der Waals surface area contributed by atoms with Crippen molar-refractivity contribution in [3.05, 3.63) is 64.4 Å². The number of halogens is 1. The summed E-state index contributed by atoms with van der Waals surface area (Å²) < 4.78 is 5.96. The molecule has 0 spiro atoms. The highest BCUT2D eigenvalue weighted by Crippen LogP contribution is 2.44. The first-order valence-corrected chi connectivity index (χ1v) is 10.7. The number of aryl methyl sites for hydroxylation is 1. The summed E-state index contributed by atoms with van der Waals surface area (Å²) in [5, 5.41) is 3.71. The molecule has 4 rings (SSSR count).